The van der Waals surface area contributed by atoms with Crippen LogP contribution in [0.2, 0.25) is 0 Å². The van der Waals surface area contributed by atoms with E-state index < -0.39 is 5.97 Å². The molecular weight excluding hydrogens is 234 g/mol. The third kappa shape index (κ3) is 2.91. The molecule has 5 heteroatoms. The van der Waals surface area contributed by atoms with Gasteiger partial charge in [0.25, 0.3) is 0 Å². The third-order valence-electron chi connectivity index (χ3n) is 3.45. The number of aromatic carboxylic acids is 1. The van der Waals surface area contributed by atoms with Gasteiger partial charge in [0, 0.05) is 18.7 Å². The van der Waals surface area contributed by atoms with Gasteiger partial charge in [-0.1, -0.05) is 0 Å². The molecule has 0 radical (unpaired) electrons. The lowest BCUT2D eigenvalue weighted by molar-refractivity contribution is 0.0657. The van der Waals surface area contributed by atoms with E-state index in [1.807, 2.05) is 0 Å². The van der Waals surface area contributed by atoms with Crippen LogP contribution >= 0.6 is 0 Å². The number of carbonyl (C=O) groups is 1. The van der Waals surface area contributed by atoms with Crippen molar-refractivity contribution in [3.8, 4) is 0 Å². The van der Waals surface area contributed by atoms with Gasteiger partial charge < -0.3 is 14.6 Å². The van der Waals surface area contributed by atoms with Gasteiger partial charge >= 0.3 is 5.97 Å². The molecule has 1 unspecified atom stereocenters. The summed E-state index contributed by atoms with van der Waals surface area (Å²) in [7, 11) is 0. The lowest BCUT2D eigenvalue weighted by Crippen LogP contribution is -2.20. The second-order valence-electron chi connectivity index (χ2n) is 4.93. The molecule has 0 spiro atoms. The Bertz CT molecular complexity index is 427. The number of nitrogens with zero attached hydrogens (tertiary/aromatic N) is 1. The number of aryl methyl sites for hydroxylation is 1. The summed E-state index contributed by atoms with van der Waals surface area (Å²) in [6.45, 7) is 4.56. The predicted molar refractivity (Wildman–Crippen MR) is 65.5 cm³/mol. The predicted octanol–water partition coefficient (Wildman–Crippen LogP) is 1.49. The van der Waals surface area contributed by atoms with Crippen molar-refractivity contribution >= 4 is 5.97 Å². The summed E-state index contributed by atoms with van der Waals surface area (Å²) in [6.07, 6.45) is 1.93. The Morgan fingerprint density at radius 1 is 1.61 bits per heavy atom. The SMILES string of the molecule is Cc1cc(CN2CCC(CCO)C2)oc1C(=O)O. The summed E-state index contributed by atoms with van der Waals surface area (Å²) in [5, 5.41) is 17.8. The quantitative estimate of drug-likeness (QED) is 0.831. The van der Waals surface area contributed by atoms with Gasteiger partial charge in [0.05, 0.1) is 6.54 Å². The van der Waals surface area contributed by atoms with Crippen LogP contribution in [0.1, 0.15) is 34.7 Å². The molecule has 1 atom stereocenters. The minimum Gasteiger partial charge on any atom is -0.475 e. The van der Waals surface area contributed by atoms with E-state index in [9.17, 15) is 4.79 Å². The number of carboxylic acid groups (broad SMARTS) is 1. The molecule has 2 heterocycles. The molecule has 100 valence electrons. The summed E-state index contributed by atoms with van der Waals surface area (Å²) >= 11 is 0. The Kier molecular flexibility index (Phi) is 4.04. The Morgan fingerprint density at radius 3 is 3.00 bits per heavy atom. The third-order valence-corrected chi connectivity index (χ3v) is 3.45. The summed E-state index contributed by atoms with van der Waals surface area (Å²) in [4.78, 5) is 13.1. The molecule has 0 aromatic carbocycles. The average Bonchev–Trinajstić information content (AvgIpc) is 2.87. The Hall–Kier alpha value is -1.33. The normalized spacial score (nSPS) is 20.4. The Balaban J connectivity index is 1.94. The number of hydrogen-bond acceptors (Lipinski definition) is 4. The first kappa shape index (κ1) is 13.1. The lowest BCUT2D eigenvalue weighted by atomic mass is 10.1. The number of likely N-dealkylation sites (tertiary alicyclic amines) is 1. The summed E-state index contributed by atoms with van der Waals surface area (Å²) in [5.41, 5.74) is 0.670. The maximum atomic E-state index is 10.9. The van der Waals surface area contributed by atoms with E-state index in [0.717, 1.165) is 25.9 Å². The van der Waals surface area contributed by atoms with E-state index in [1.54, 1.807) is 13.0 Å². The maximum Gasteiger partial charge on any atom is 0.372 e. The minimum atomic E-state index is -1.02. The smallest absolute Gasteiger partial charge is 0.372 e. The molecule has 0 saturated carbocycles. The second kappa shape index (κ2) is 5.54. The molecular formula is C13H19NO4. The van der Waals surface area contributed by atoms with E-state index >= 15 is 0 Å². The highest BCUT2D eigenvalue weighted by atomic mass is 16.4. The zero-order chi connectivity index (χ0) is 13.1. The Morgan fingerprint density at radius 2 is 2.39 bits per heavy atom. The van der Waals surface area contributed by atoms with Crippen molar-refractivity contribution in [1.82, 2.24) is 4.90 Å². The first-order chi connectivity index (χ1) is 8.60. The minimum absolute atomic E-state index is 0.0381. The fourth-order valence-electron chi connectivity index (χ4n) is 2.53. The van der Waals surface area contributed by atoms with Crippen molar-refractivity contribution in [3.05, 3.63) is 23.2 Å². The second-order valence-corrected chi connectivity index (χ2v) is 4.93. The number of aliphatic hydroxyl groups excluding tert-OH is 1. The zero-order valence-corrected chi connectivity index (χ0v) is 10.6. The number of furan rings is 1. The van der Waals surface area contributed by atoms with Crippen LogP contribution in [0.4, 0.5) is 0 Å². The van der Waals surface area contributed by atoms with Crippen molar-refractivity contribution in [2.24, 2.45) is 5.92 Å². The van der Waals surface area contributed by atoms with Gasteiger partial charge in [-0.05, 0) is 38.3 Å². The molecule has 0 bridgehead atoms. The lowest BCUT2D eigenvalue weighted by Gasteiger charge is -2.13. The summed E-state index contributed by atoms with van der Waals surface area (Å²) in [6, 6.07) is 1.79. The molecule has 1 aliphatic heterocycles. The van der Waals surface area contributed by atoms with Crippen molar-refractivity contribution in [2.75, 3.05) is 19.7 Å². The largest absolute Gasteiger partial charge is 0.475 e. The van der Waals surface area contributed by atoms with E-state index in [0.29, 0.717) is 23.8 Å². The highest BCUT2D eigenvalue weighted by Crippen LogP contribution is 2.23. The van der Waals surface area contributed by atoms with Gasteiger partial charge in [-0.15, -0.1) is 0 Å². The van der Waals surface area contributed by atoms with Crippen LogP contribution < -0.4 is 0 Å². The molecule has 1 saturated heterocycles. The van der Waals surface area contributed by atoms with Gasteiger partial charge in [-0.2, -0.15) is 0 Å². The van der Waals surface area contributed by atoms with Gasteiger partial charge in [-0.25, -0.2) is 4.79 Å². The molecule has 2 N–H and O–H groups in total. The number of carboxylic acids is 1. The number of rotatable bonds is 5. The fourth-order valence-corrected chi connectivity index (χ4v) is 2.53. The van der Waals surface area contributed by atoms with E-state index in [1.165, 1.54) is 0 Å². The molecule has 1 aromatic rings. The molecule has 0 amide bonds. The molecule has 2 rings (SSSR count). The van der Waals surface area contributed by atoms with E-state index in [-0.39, 0.29) is 12.4 Å². The van der Waals surface area contributed by atoms with Crippen LogP contribution in [-0.4, -0.2) is 40.8 Å². The van der Waals surface area contributed by atoms with E-state index in [2.05, 4.69) is 4.90 Å². The van der Waals surface area contributed by atoms with Crippen LogP contribution in [0.25, 0.3) is 0 Å². The van der Waals surface area contributed by atoms with Gasteiger partial charge in [0.1, 0.15) is 5.76 Å². The number of hydrogen-bond donors (Lipinski definition) is 2. The topological polar surface area (TPSA) is 73.9 Å². The van der Waals surface area contributed by atoms with Crippen molar-refractivity contribution in [3.63, 3.8) is 0 Å². The summed E-state index contributed by atoms with van der Waals surface area (Å²) in [5.74, 6) is 0.272. The van der Waals surface area contributed by atoms with Crippen LogP contribution in [0.3, 0.4) is 0 Å². The molecule has 1 aromatic heterocycles. The van der Waals surface area contributed by atoms with Crippen molar-refractivity contribution in [1.29, 1.82) is 0 Å². The van der Waals surface area contributed by atoms with Crippen molar-refractivity contribution < 1.29 is 19.4 Å². The molecule has 1 aliphatic rings. The van der Waals surface area contributed by atoms with Crippen LogP contribution in [0, 0.1) is 12.8 Å². The maximum absolute atomic E-state index is 10.9. The summed E-state index contributed by atoms with van der Waals surface area (Å²) < 4.78 is 5.34. The van der Waals surface area contributed by atoms with Gasteiger partial charge in [0.15, 0.2) is 0 Å². The first-order valence-electron chi connectivity index (χ1n) is 6.26. The van der Waals surface area contributed by atoms with Crippen LogP contribution in [0.5, 0.6) is 0 Å². The number of aliphatic hydroxyl groups is 1. The molecule has 0 aliphatic carbocycles. The fraction of sp³-hybridized carbons (Fsp3) is 0.615. The zero-order valence-electron chi connectivity index (χ0n) is 10.6. The average molecular weight is 253 g/mol. The van der Waals surface area contributed by atoms with Gasteiger partial charge in [0.2, 0.25) is 5.76 Å². The standard InChI is InChI=1S/C13H19NO4/c1-9-6-11(18-12(9)13(16)17)8-14-4-2-10(7-14)3-5-15/h6,10,15H,2-5,7-8H2,1H3,(H,16,17). The molecule has 18 heavy (non-hydrogen) atoms. The molecule has 1 fully saturated rings. The van der Waals surface area contributed by atoms with Crippen LogP contribution in [0.15, 0.2) is 10.5 Å². The van der Waals surface area contributed by atoms with Crippen LogP contribution in [-0.2, 0) is 6.54 Å². The Labute approximate surface area is 106 Å². The monoisotopic (exact) mass is 253 g/mol. The highest BCUT2D eigenvalue weighted by molar-refractivity contribution is 5.86. The molecule has 5 nitrogen and oxygen atoms in total. The highest BCUT2D eigenvalue weighted by Gasteiger charge is 2.23. The van der Waals surface area contributed by atoms with Gasteiger partial charge in [-0.3, -0.25) is 4.90 Å². The first-order valence-corrected chi connectivity index (χ1v) is 6.26. The van der Waals surface area contributed by atoms with Crippen molar-refractivity contribution in [2.45, 2.75) is 26.3 Å². The van der Waals surface area contributed by atoms with E-state index in [4.69, 9.17) is 14.6 Å².